The second-order valence-electron chi connectivity index (χ2n) is 2.47. The van der Waals surface area contributed by atoms with Gasteiger partial charge < -0.3 is 10.3 Å². The van der Waals surface area contributed by atoms with Crippen molar-refractivity contribution in [3.63, 3.8) is 0 Å². The number of carbonyl (C=O) groups excluding carboxylic acids is 2. The van der Waals surface area contributed by atoms with Gasteiger partial charge in [-0.1, -0.05) is 6.08 Å². The van der Waals surface area contributed by atoms with Gasteiger partial charge in [0.1, 0.15) is 0 Å². The molecule has 0 aliphatic carbocycles. The molecule has 0 saturated heterocycles. The maximum atomic E-state index is 11.4. The Labute approximate surface area is 82.0 Å². The van der Waals surface area contributed by atoms with Crippen molar-refractivity contribution >= 4 is 17.5 Å². The third kappa shape index (κ3) is 2.95. The lowest BCUT2D eigenvalue weighted by molar-refractivity contribution is -0.141. The van der Waals surface area contributed by atoms with Crippen molar-refractivity contribution in [2.75, 3.05) is 6.61 Å². The van der Waals surface area contributed by atoms with Crippen molar-refractivity contribution in [3.05, 3.63) is 17.2 Å². The summed E-state index contributed by atoms with van der Waals surface area (Å²) in [5.41, 5.74) is 8.21. The molecule has 0 spiro atoms. The van der Waals surface area contributed by atoms with Crippen molar-refractivity contribution in [3.8, 4) is 0 Å². The summed E-state index contributed by atoms with van der Waals surface area (Å²) in [6, 6.07) is 0. The summed E-state index contributed by atoms with van der Waals surface area (Å²) in [4.78, 5) is 25.1. The number of hydrogen-bond donors (Lipinski definition) is 0. The third-order valence-electron chi connectivity index (χ3n) is 1.58. The highest BCUT2D eigenvalue weighted by Gasteiger charge is 2.31. The number of nitrogens with zero attached hydrogens (tertiary/aromatic N) is 2. The molecular formula is C9H12N2O3. The fraction of sp³-hybridized carbons (Fsp3) is 0.444. The number of rotatable bonds is 4. The lowest BCUT2D eigenvalue weighted by Crippen LogP contribution is -2.28. The number of hydrogen-bond acceptors (Lipinski definition) is 3. The van der Waals surface area contributed by atoms with Crippen molar-refractivity contribution in [2.45, 2.75) is 20.8 Å². The maximum Gasteiger partial charge on any atom is 0.446 e. The smallest absolute Gasteiger partial charge is 0.446 e. The molecule has 0 aromatic carbocycles. The minimum Gasteiger partial charge on any atom is -0.457 e. The number of carbonyl (C=O) groups is 2. The molecule has 5 nitrogen and oxygen atoms in total. The van der Waals surface area contributed by atoms with Crippen LogP contribution in [0.25, 0.3) is 5.53 Å². The van der Waals surface area contributed by atoms with E-state index in [1.807, 2.05) is 0 Å². The Bertz CT molecular complexity index is 325. The van der Waals surface area contributed by atoms with Crippen LogP contribution >= 0.6 is 0 Å². The van der Waals surface area contributed by atoms with Gasteiger partial charge in [0, 0.05) is 5.57 Å². The topological polar surface area (TPSA) is 79.8 Å². The highest BCUT2D eigenvalue weighted by atomic mass is 16.5. The van der Waals surface area contributed by atoms with Gasteiger partial charge in [0.25, 0.3) is 5.78 Å². The summed E-state index contributed by atoms with van der Waals surface area (Å²) in [5, 5.41) is 0. The average molecular weight is 196 g/mol. The molecule has 0 unspecified atom stereocenters. The number of ether oxygens (including phenoxy) is 1. The van der Waals surface area contributed by atoms with E-state index in [1.54, 1.807) is 13.8 Å². The third-order valence-corrected chi connectivity index (χ3v) is 1.58. The van der Waals surface area contributed by atoms with Gasteiger partial charge >= 0.3 is 11.7 Å². The number of ketones is 1. The molecule has 0 fully saturated rings. The van der Waals surface area contributed by atoms with Gasteiger partial charge in [-0.15, -0.1) is 0 Å². The van der Waals surface area contributed by atoms with Crippen molar-refractivity contribution in [2.24, 2.45) is 0 Å². The molecule has 0 radical (unpaired) electrons. The first-order valence-corrected chi connectivity index (χ1v) is 4.15. The van der Waals surface area contributed by atoms with Crippen LogP contribution in [-0.4, -0.2) is 28.9 Å². The molecule has 0 saturated carbocycles. The van der Waals surface area contributed by atoms with Crippen LogP contribution in [0.15, 0.2) is 11.6 Å². The van der Waals surface area contributed by atoms with E-state index in [2.05, 4.69) is 9.53 Å². The molecule has 0 amide bonds. The Morgan fingerprint density at radius 2 is 2.07 bits per heavy atom. The molecular weight excluding hydrogens is 184 g/mol. The van der Waals surface area contributed by atoms with Crippen LogP contribution < -0.4 is 0 Å². The van der Waals surface area contributed by atoms with Gasteiger partial charge in [-0.05, 0) is 20.8 Å². The Hall–Kier alpha value is -1.74. The quantitative estimate of drug-likeness (QED) is 0.166. The van der Waals surface area contributed by atoms with Crippen LogP contribution in [0, 0.1) is 0 Å². The van der Waals surface area contributed by atoms with Crippen LogP contribution in [0.1, 0.15) is 20.8 Å². The van der Waals surface area contributed by atoms with Crippen molar-refractivity contribution in [1.82, 2.24) is 0 Å². The Balaban J connectivity index is 4.86. The van der Waals surface area contributed by atoms with E-state index < -0.39 is 17.5 Å². The van der Waals surface area contributed by atoms with E-state index in [0.717, 1.165) is 0 Å². The monoisotopic (exact) mass is 196 g/mol. The van der Waals surface area contributed by atoms with E-state index in [0.29, 0.717) is 5.57 Å². The predicted molar refractivity (Wildman–Crippen MR) is 49.7 cm³/mol. The second kappa shape index (κ2) is 5.83. The van der Waals surface area contributed by atoms with Gasteiger partial charge in [0.2, 0.25) is 0 Å². The van der Waals surface area contributed by atoms with Gasteiger partial charge in [-0.25, -0.2) is 4.79 Å². The number of esters is 1. The van der Waals surface area contributed by atoms with Crippen molar-refractivity contribution < 1.29 is 19.1 Å². The zero-order valence-corrected chi connectivity index (χ0v) is 8.40. The predicted octanol–water partition coefficient (Wildman–Crippen LogP) is 0.756. The van der Waals surface area contributed by atoms with Gasteiger partial charge in [0.05, 0.1) is 6.61 Å². The summed E-state index contributed by atoms with van der Waals surface area (Å²) >= 11 is 0. The average Bonchev–Trinajstić information content (AvgIpc) is 2.18. The fourth-order valence-electron chi connectivity index (χ4n) is 0.696. The fourth-order valence-corrected chi connectivity index (χ4v) is 0.696. The lowest BCUT2D eigenvalue weighted by atomic mass is 10.1. The van der Waals surface area contributed by atoms with Crippen LogP contribution in [0.2, 0.25) is 0 Å². The Morgan fingerprint density at radius 3 is 2.43 bits per heavy atom. The molecule has 76 valence electrons. The molecule has 0 bridgehead atoms. The van der Waals surface area contributed by atoms with E-state index in [4.69, 9.17) is 5.53 Å². The summed E-state index contributed by atoms with van der Waals surface area (Å²) in [6.45, 7) is 4.89. The zero-order valence-electron chi connectivity index (χ0n) is 8.40. The Morgan fingerprint density at radius 1 is 1.50 bits per heavy atom. The largest absolute Gasteiger partial charge is 0.457 e. The SMILES string of the molecule is CC=C(C)C(=O)C(=[N+]=[N-])C(=O)OCC. The van der Waals surface area contributed by atoms with Gasteiger partial charge in [-0.2, -0.15) is 4.79 Å². The summed E-state index contributed by atoms with van der Waals surface area (Å²) < 4.78 is 4.53. The van der Waals surface area contributed by atoms with E-state index in [-0.39, 0.29) is 6.61 Å². The summed E-state index contributed by atoms with van der Waals surface area (Å²) in [6.07, 6.45) is 1.52. The van der Waals surface area contributed by atoms with Crippen LogP contribution in [-0.2, 0) is 14.3 Å². The highest BCUT2D eigenvalue weighted by Crippen LogP contribution is 1.97. The van der Waals surface area contributed by atoms with E-state index >= 15 is 0 Å². The molecule has 0 aliphatic heterocycles. The molecule has 0 rings (SSSR count). The van der Waals surface area contributed by atoms with Crippen molar-refractivity contribution in [1.29, 1.82) is 0 Å². The molecule has 0 aromatic rings. The second-order valence-corrected chi connectivity index (χ2v) is 2.47. The summed E-state index contributed by atoms with van der Waals surface area (Å²) in [7, 11) is 0. The standard InChI is InChI=1S/C9H12N2O3/c1-4-6(3)8(12)7(11-10)9(13)14-5-2/h4H,5H2,1-3H3. The molecule has 5 heteroatoms. The molecule has 0 heterocycles. The number of Topliss-reactive ketones (excluding diaryl/α,β-unsaturated/α-hetero) is 1. The van der Waals surface area contributed by atoms with Gasteiger partial charge in [-0.3, -0.25) is 4.79 Å². The first-order valence-electron chi connectivity index (χ1n) is 4.15. The number of allylic oxidation sites excluding steroid dienone is 2. The first-order chi connectivity index (χ1) is 6.58. The minimum absolute atomic E-state index is 0.125. The van der Waals surface area contributed by atoms with E-state index in [1.165, 1.54) is 13.0 Å². The van der Waals surface area contributed by atoms with E-state index in [9.17, 15) is 9.59 Å². The summed E-state index contributed by atoms with van der Waals surface area (Å²) in [5.74, 6) is -1.55. The molecule has 14 heavy (non-hydrogen) atoms. The molecule has 0 N–H and O–H groups in total. The van der Waals surface area contributed by atoms with Crippen LogP contribution in [0.5, 0.6) is 0 Å². The first kappa shape index (κ1) is 12.3. The van der Waals surface area contributed by atoms with Gasteiger partial charge in [0.15, 0.2) is 0 Å². The molecule has 0 aliphatic rings. The maximum absolute atomic E-state index is 11.4. The van der Waals surface area contributed by atoms with Crippen LogP contribution in [0.3, 0.4) is 0 Å². The normalized spacial score (nSPS) is 10.4. The minimum atomic E-state index is -0.916. The highest BCUT2D eigenvalue weighted by molar-refractivity contribution is 6.65. The zero-order chi connectivity index (χ0) is 11.1. The Kier molecular flexibility index (Phi) is 5.10. The molecule has 0 aromatic heterocycles. The van der Waals surface area contributed by atoms with Crippen LogP contribution in [0.4, 0.5) is 0 Å². The lowest BCUT2D eigenvalue weighted by Gasteiger charge is -1.96. The molecule has 0 atom stereocenters.